The van der Waals surface area contributed by atoms with Crippen molar-refractivity contribution < 1.29 is 29.0 Å². The summed E-state index contributed by atoms with van der Waals surface area (Å²) >= 11 is 14.3. The Balaban J connectivity index is 1.53. The molecule has 0 aromatic heterocycles. The number of hydrogen-bond donors (Lipinski definition) is 1. The maximum absolute atomic E-state index is 14.0. The standard InChI is InChI=1S/C30H28Cl2N2O6/c1-4-15-8-10-16(11-9-15)34-25(36)18-13-12-17-19(22(18)26(34)37)14-29(31)27(38)33(2)28(39)30(29,32)24(17)23-20(35)6-5-7-21(23)40-3/h5-12,18-19,22,24,35H,4,13-14H2,1-3H3/t18-,19+,22-,24+,29+,30-/m0/s1. The van der Waals surface area contributed by atoms with Crippen molar-refractivity contribution in [3.63, 3.8) is 0 Å². The van der Waals surface area contributed by atoms with E-state index in [0.717, 1.165) is 16.9 Å². The number of allylic oxidation sites excluding steroid dienone is 2. The van der Waals surface area contributed by atoms with E-state index in [1.807, 2.05) is 25.1 Å². The van der Waals surface area contributed by atoms with Crippen molar-refractivity contribution in [2.75, 3.05) is 19.1 Å². The monoisotopic (exact) mass is 582 g/mol. The molecule has 0 bridgehead atoms. The number of ether oxygens (including phenoxy) is 1. The van der Waals surface area contributed by atoms with E-state index in [9.17, 15) is 24.3 Å². The molecule has 1 saturated carbocycles. The van der Waals surface area contributed by atoms with Crippen LogP contribution < -0.4 is 9.64 Å². The number of hydrogen-bond acceptors (Lipinski definition) is 6. The van der Waals surface area contributed by atoms with E-state index in [2.05, 4.69) is 0 Å². The van der Waals surface area contributed by atoms with Crippen LogP contribution in [0.2, 0.25) is 0 Å². The van der Waals surface area contributed by atoms with E-state index in [-0.39, 0.29) is 41.7 Å². The first-order valence-corrected chi connectivity index (χ1v) is 14.0. The molecule has 0 unspecified atom stereocenters. The zero-order valence-electron chi connectivity index (χ0n) is 22.2. The SMILES string of the molecule is CCc1ccc(N2C(=O)[C@H]3[C@H](CC=C4[C@H]3C[C@@]3(Cl)C(=O)N(C)C(=O)[C@@]3(Cl)[C@H]4c3c(O)cccc3OC)C2=O)cc1. The highest BCUT2D eigenvalue weighted by Gasteiger charge is 2.76. The Morgan fingerprint density at radius 3 is 2.35 bits per heavy atom. The second-order valence-corrected chi connectivity index (χ2v) is 12.2. The van der Waals surface area contributed by atoms with E-state index in [1.165, 1.54) is 25.1 Å². The summed E-state index contributed by atoms with van der Waals surface area (Å²) in [4.78, 5) is 53.2. The van der Waals surface area contributed by atoms with E-state index >= 15 is 0 Å². The molecule has 2 aliphatic carbocycles. The van der Waals surface area contributed by atoms with Crippen LogP contribution in [0.25, 0.3) is 0 Å². The van der Waals surface area contributed by atoms with Gasteiger partial charge < -0.3 is 9.84 Å². The van der Waals surface area contributed by atoms with Crippen molar-refractivity contribution in [2.45, 2.75) is 41.9 Å². The van der Waals surface area contributed by atoms with Gasteiger partial charge in [0.25, 0.3) is 11.8 Å². The van der Waals surface area contributed by atoms with Crippen LogP contribution in [0.3, 0.4) is 0 Å². The summed E-state index contributed by atoms with van der Waals surface area (Å²) in [6, 6.07) is 12.0. The van der Waals surface area contributed by atoms with Gasteiger partial charge in [0.15, 0.2) is 9.75 Å². The molecule has 3 fully saturated rings. The molecule has 4 amide bonds. The predicted molar refractivity (Wildman–Crippen MR) is 148 cm³/mol. The number of carbonyl (C=O) groups excluding carboxylic acids is 4. The third-order valence-corrected chi connectivity index (χ3v) is 10.6. The Bertz CT molecular complexity index is 1510. The van der Waals surface area contributed by atoms with Crippen LogP contribution in [-0.2, 0) is 25.6 Å². The van der Waals surface area contributed by atoms with Gasteiger partial charge in [0, 0.05) is 18.5 Å². The second kappa shape index (κ2) is 9.08. The number of halogens is 2. The molecule has 2 heterocycles. The molecule has 2 aromatic carbocycles. The van der Waals surface area contributed by atoms with E-state index < -0.39 is 45.2 Å². The lowest BCUT2D eigenvalue weighted by atomic mass is 9.56. The molecule has 6 rings (SSSR count). The number of phenols is 1. The zero-order valence-corrected chi connectivity index (χ0v) is 23.7. The van der Waals surface area contributed by atoms with Gasteiger partial charge in [0.05, 0.1) is 24.6 Å². The van der Waals surface area contributed by atoms with Gasteiger partial charge in [0.1, 0.15) is 11.5 Å². The highest BCUT2D eigenvalue weighted by atomic mass is 35.5. The fraction of sp³-hybridized carbons (Fsp3) is 0.400. The Morgan fingerprint density at radius 2 is 1.70 bits per heavy atom. The average molecular weight is 583 g/mol. The number of alkyl halides is 2. The number of nitrogens with zero attached hydrogens (tertiary/aromatic N) is 2. The lowest BCUT2D eigenvalue weighted by Crippen LogP contribution is -2.60. The van der Waals surface area contributed by atoms with Crippen molar-refractivity contribution in [3.8, 4) is 11.5 Å². The largest absolute Gasteiger partial charge is 0.508 e. The Morgan fingerprint density at radius 1 is 1.00 bits per heavy atom. The quantitative estimate of drug-likeness (QED) is 0.330. The van der Waals surface area contributed by atoms with Gasteiger partial charge in [-0.3, -0.25) is 29.0 Å². The Hall–Kier alpha value is -3.36. The Labute approximate surface area is 241 Å². The first-order valence-electron chi connectivity index (χ1n) is 13.2. The fourth-order valence-corrected chi connectivity index (χ4v) is 8.20. The van der Waals surface area contributed by atoms with Gasteiger partial charge >= 0.3 is 0 Å². The molecule has 208 valence electrons. The number of anilines is 1. The normalized spacial score (nSPS) is 33.1. The molecular formula is C30H28Cl2N2O6. The van der Waals surface area contributed by atoms with Crippen LogP contribution in [-0.4, -0.2) is 57.5 Å². The molecule has 1 N–H and O–H groups in total. The average Bonchev–Trinajstić information content (AvgIpc) is 3.28. The van der Waals surface area contributed by atoms with Crippen LogP contribution in [0.15, 0.2) is 54.1 Å². The van der Waals surface area contributed by atoms with Crippen LogP contribution >= 0.6 is 23.2 Å². The third-order valence-electron chi connectivity index (χ3n) is 9.17. The summed E-state index contributed by atoms with van der Waals surface area (Å²) in [5.41, 5.74) is 2.36. The smallest absolute Gasteiger partial charge is 0.253 e. The molecule has 40 heavy (non-hydrogen) atoms. The fourth-order valence-electron chi connectivity index (χ4n) is 7.20. The molecule has 2 saturated heterocycles. The molecule has 6 atom stereocenters. The molecule has 0 radical (unpaired) electrons. The lowest BCUT2D eigenvalue weighted by molar-refractivity contribution is -0.138. The molecule has 2 aliphatic heterocycles. The minimum Gasteiger partial charge on any atom is -0.508 e. The zero-order chi connectivity index (χ0) is 28.7. The van der Waals surface area contributed by atoms with Gasteiger partial charge in [-0.2, -0.15) is 0 Å². The van der Waals surface area contributed by atoms with Crippen molar-refractivity contribution in [3.05, 3.63) is 65.2 Å². The second-order valence-electron chi connectivity index (χ2n) is 10.9. The summed E-state index contributed by atoms with van der Waals surface area (Å²) in [5.74, 6) is -5.26. The summed E-state index contributed by atoms with van der Waals surface area (Å²) < 4.78 is 5.56. The summed E-state index contributed by atoms with van der Waals surface area (Å²) in [6.07, 6.45) is 2.76. The Kier molecular flexibility index (Phi) is 6.09. The van der Waals surface area contributed by atoms with Crippen LogP contribution in [0, 0.1) is 17.8 Å². The minimum atomic E-state index is -2.00. The van der Waals surface area contributed by atoms with Crippen molar-refractivity contribution in [1.82, 2.24) is 4.90 Å². The van der Waals surface area contributed by atoms with Crippen molar-refractivity contribution in [1.29, 1.82) is 0 Å². The van der Waals surface area contributed by atoms with Crippen molar-refractivity contribution in [2.24, 2.45) is 17.8 Å². The number of phenolic OH excluding ortho intramolecular Hbond substituents is 1. The number of aromatic hydroxyl groups is 1. The number of aryl methyl sites for hydroxylation is 1. The summed E-state index contributed by atoms with van der Waals surface area (Å²) in [5, 5.41) is 11.1. The number of fused-ring (bicyclic) bond motifs is 4. The van der Waals surface area contributed by atoms with Gasteiger partial charge in [-0.1, -0.05) is 36.8 Å². The van der Waals surface area contributed by atoms with Crippen LogP contribution in [0.5, 0.6) is 11.5 Å². The van der Waals surface area contributed by atoms with Gasteiger partial charge in [-0.25, -0.2) is 0 Å². The summed E-state index contributed by atoms with van der Waals surface area (Å²) in [7, 11) is 2.75. The highest BCUT2D eigenvalue weighted by molar-refractivity contribution is 6.53. The van der Waals surface area contributed by atoms with Crippen LogP contribution in [0.4, 0.5) is 5.69 Å². The third kappa shape index (κ3) is 3.26. The molecule has 10 heteroatoms. The molecule has 8 nitrogen and oxygen atoms in total. The van der Waals surface area contributed by atoms with Crippen LogP contribution in [0.1, 0.15) is 36.8 Å². The number of methoxy groups -OCH3 is 1. The predicted octanol–water partition coefficient (Wildman–Crippen LogP) is 4.16. The number of likely N-dealkylation sites (tertiary alicyclic amines) is 1. The number of benzene rings is 2. The highest BCUT2D eigenvalue weighted by Crippen LogP contribution is 2.66. The maximum Gasteiger partial charge on any atom is 0.253 e. The van der Waals surface area contributed by atoms with Gasteiger partial charge in [-0.15, -0.1) is 23.2 Å². The summed E-state index contributed by atoms with van der Waals surface area (Å²) in [6.45, 7) is 2.02. The first kappa shape index (κ1) is 26.8. The van der Waals surface area contributed by atoms with Crippen molar-refractivity contribution >= 4 is 52.5 Å². The first-order chi connectivity index (χ1) is 19.0. The number of imide groups is 2. The number of carbonyl (C=O) groups is 4. The lowest BCUT2D eigenvalue weighted by Gasteiger charge is -2.50. The molecular weight excluding hydrogens is 555 g/mol. The minimum absolute atomic E-state index is 0.117. The van der Waals surface area contributed by atoms with Gasteiger partial charge in [-0.05, 0) is 55.0 Å². The topological polar surface area (TPSA) is 104 Å². The number of amides is 4. The van der Waals surface area contributed by atoms with E-state index in [4.69, 9.17) is 27.9 Å². The van der Waals surface area contributed by atoms with E-state index in [0.29, 0.717) is 11.3 Å². The van der Waals surface area contributed by atoms with Gasteiger partial charge in [0.2, 0.25) is 11.8 Å². The number of rotatable bonds is 4. The molecule has 2 aromatic rings. The molecule has 4 aliphatic rings. The molecule has 0 spiro atoms. The van der Waals surface area contributed by atoms with E-state index in [1.54, 1.807) is 24.3 Å². The maximum atomic E-state index is 14.0.